The molecule has 98 valence electrons. The van der Waals surface area contributed by atoms with Gasteiger partial charge in [-0.25, -0.2) is 12.7 Å². The van der Waals surface area contributed by atoms with Gasteiger partial charge in [-0.3, -0.25) is 0 Å². The first kappa shape index (κ1) is 20.7. The van der Waals surface area contributed by atoms with Gasteiger partial charge in [0.1, 0.15) is 0 Å². The third-order valence-electron chi connectivity index (χ3n) is 1.88. The van der Waals surface area contributed by atoms with Crippen molar-refractivity contribution in [2.24, 2.45) is 0 Å². The Balaban J connectivity index is 0. The number of aliphatic hydroxyl groups is 1. The molecular formula is C8H19KN2O5S. The Morgan fingerprint density at radius 1 is 1.53 bits per heavy atom. The van der Waals surface area contributed by atoms with E-state index in [1.54, 1.807) is 0 Å². The van der Waals surface area contributed by atoms with Gasteiger partial charge in [0.2, 0.25) is 0 Å². The average Bonchev–Trinajstić information content (AvgIpc) is 2.16. The van der Waals surface area contributed by atoms with Gasteiger partial charge in [0.25, 0.3) is 0 Å². The molecule has 17 heavy (non-hydrogen) atoms. The van der Waals surface area contributed by atoms with E-state index in [-0.39, 0.29) is 64.5 Å². The van der Waals surface area contributed by atoms with Crippen molar-refractivity contribution >= 4 is 10.3 Å². The van der Waals surface area contributed by atoms with Gasteiger partial charge in [-0.2, -0.15) is 0 Å². The summed E-state index contributed by atoms with van der Waals surface area (Å²) in [6.07, 6.45) is -0.179. The van der Waals surface area contributed by atoms with Gasteiger partial charge in [0, 0.05) is 20.2 Å². The van der Waals surface area contributed by atoms with E-state index in [4.69, 9.17) is 4.74 Å². The second-order valence-corrected chi connectivity index (χ2v) is 4.90. The fourth-order valence-electron chi connectivity index (χ4n) is 1.01. The van der Waals surface area contributed by atoms with E-state index in [1.165, 1.54) is 0 Å². The molecule has 0 aromatic rings. The molecule has 0 heterocycles. The summed E-state index contributed by atoms with van der Waals surface area (Å²) in [5, 5.41) is 12.3. The second-order valence-electron chi connectivity index (χ2n) is 3.42. The van der Waals surface area contributed by atoms with Gasteiger partial charge in [-0.15, -0.1) is 0 Å². The molecule has 0 aromatic heterocycles. The molecule has 0 fully saturated rings. The molecule has 0 rings (SSSR count). The Morgan fingerprint density at radius 3 is 2.59 bits per heavy atom. The monoisotopic (exact) mass is 294 g/mol. The number of hydrogen-bond donors (Lipinski definition) is 2. The number of nitrogens with one attached hydrogen (secondary N) is 1. The van der Waals surface area contributed by atoms with Crippen molar-refractivity contribution in [3.63, 3.8) is 0 Å². The molecule has 0 amide bonds. The van der Waals surface area contributed by atoms with E-state index in [1.807, 2.05) is 7.05 Å². The predicted molar refractivity (Wildman–Crippen MR) is 57.7 cm³/mol. The van der Waals surface area contributed by atoms with Crippen LogP contribution in [-0.2, 0) is 15.0 Å². The maximum Gasteiger partial charge on any atom is 1.00 e. The average molecular weight is 294 g/mol. The molecule has 7 nitrogen and oxygen atoms in total. The minimum Gasteiger partial charge on any atom is -0.735 e. The summed E-state index contributed by atoms with van der Waals surface area (Å²) in [6.45, 7) is 1.05. The van der Waals surface area contributed by atoms with Crippen molar-refractivity contribution in [3.8, 4) is 0 Å². The van der Waals surface area contributed by atoms with Crippen LogP contribution >= 0.6 is 0 Å². The Kier molecular flexibility index (Phi) is 13.7. The number of rotatable bonds is 9. The van der Waals surface area contributed by atoms with Crippen LogP contribution in [0.3, 0.4) is 0 Å². The van der Waals surface area contributed by atoms with E-state index in [2.05, 4.69) is 5.32 Å². The molecule has 0 aliphatic carbocycles. The summed E-state index contributed by atoms with van der Waals surface area (Å²) in [5.41, 5.74) is 0. The Labute approximate surface area is 145 Å². The van der Waals surface area contributed by atoms with Crippen molar-refractivity contribution in [2.45, 2.75) is 12.5 Å². The van der Waals surface area contributed by atoms with Gasteiger partial charge in [-0.05, 0) is 20.0 Å². The maximum atomic E-state index is 10.5. The zero-order chi connectivity index (χ0) is 12.6. The fourth-order valence-corrected chi connectivity index (χ4v) is 1.37. The minimum absolute atomic E-state index is 0. The maximum absolute atomic E-state index is 10.5. The van der Waals surface area contributed by atoms with Gasteiger partial charge >= 0.3 is 51.4 Å². The van der Waals surface area contributed by atoms with Crippen LogP contribution in [0.15, 0.2) is 0 Å². The predicted octanol–water partition coefficient (Wildman–Crippen LogP) is -4.63. The molecule has 1 atom stereocenters. The molecule has 2 N–H and O–H groups in total. The molecule has 1 unspecified atom stereocenters. The van der Waals surface area contributed by atoms with Crippen LogP contribution < -0.4 is 56.7 Å². The summed E-state index contributed by atoms with van der Waals surface area (Å²) in [6, 6.07) is 0. The van der Waals surface area contributed by atoms with Crippen molar-refractivity contribution in [3.05, 3.63) is 0 Å². The minimum atomic E-state index is -4.48. The largest absolute Gasteiger partial charge is 1.00 e. The zero-order valence-corrected chi connectivity index (χ0v) is 14.5. The second kappa shape index (κ2) is 11.2. The summed E-state index contributed by atoms with van der Waals surface area (Å²) < 4.78 is 37.1. The summed E-state index contributed by atoms with van der Waals surface area (Å²) in [5.74, 6) is 0. The number of hydrogen-bond acceptors (Lipinski definition) is 6. The molecule has 0 saturated heterocycles. The van der Waals surface area contributed by atoms with E-state index < -0.39 is 16.4 Å². The number of aliphatic hydroxyl groups excluding tert-OH is 1. The van der Waals surface area contributed by atoms with Crippen LogP contribution in [0.5, 0.6) is 0 Å². The quantitative estimate of drug-likeness (QED) is 0.252. The number of nitrogens with zero attached hydrogens (tertiary/aromatic N) is 1. The smallest absolute Gasteiger partial charge is 0.735 e. The molecule has 0 aliphatic rings. The number of ether oxygens (including phenoxy) is 1. The van der Waals surface area contributed by atoms with E-state index in [0.29, 0.717) is 10.9 Å². The first-order chi connectivity index (χ1) is 7.38. The summed E-state index contributed by atoms with van der Waals surface area (Å²) >= 11 is 0. The van der Waals surface area contributed by atoms with Crippen LogP contribution in [0.2, 0.25) is 0 Å². The zero-order valence-electron chi connectivity index (χ0n) is 10.5. The standard InChI is InChI=1S/C8H20N2O5S.K/c1-9-4-3-5-15-7-8(11)6-10(2)16(12,13)14;/h8-9,11H,3-7H2,1-2H3,(H,12,13,14);/q;+1/p-1. The van der Waals surface area contributed by atoms with Gasteiger partial charge in [0.15, 0.2) is 10.3 Å². The molecule has 0 radical (unpaired) electrons. The van der Waals surface area contributed by atoms with Crippen LogP contribution in [-0.4, -0.2) is 68.9 Å². The third kappa shape index (κ3) is 12.2. The van der Waals surface area contributed by atoms with Crippen LogP contribution in [0.25, 0.3) is 0 Å². The molecule has 0 aliphatic heterocycles. The van der Waals surface area contributed by atoms with Crippen LogP contribution in [0, 0.1) is 0 Å². The Morgan fingerprint density at radius 2 is 2.12 bits per heavy atom. The fraction of sp³-hybridized carbons (Fsp3) is 1.00. The SMILES string of the molecule is CNCCCOCC(O)CN(C)S(=O)(=O)[O-].[K+]. The first-order valence-electron chi connectivity index (χ1n) is 4.95. The van der Waals surface area contributed by atoms with E-state index in [0.717, 1.165) is 20.0 Å². The Bertz CT molecular complexity index is 275. The van der Waals surface area contributed by atoms with Gasteiger partial charge < -0.3 is 19.7 Å². The van der Waals surface area contributed by atoms with Crippen molar-refractivity contribution in [2.75, 3.05) is 40.4 Å². The van der Waals surface area contributed by atoms with Gasteiger partial charge in [-0.1, -0.05) is 0 Å². The molecule has 0 spiro atoms. The van der Waals surface area contributed by atoms with Crippen molar-refractivity contribution in [1.82, 2.24) is 9.62 Å². The topological polar surface area (TPSA) is 102 Å². The molecule has 0 aromatic carbocycles. The van der Waals surface area contributed by atoms with E-state index in [9.17, 15) is 18.1 Å². The number of likely N-dealkylation sites (N-methyl/N-ethyl adjacent to an activating group) is 1. The normalized spacial score (nSPS) is 13.5. The van der Waals surface area contributed by atoms with Crippen LogP contribution in [0.4, 0.5) is 0 Å². The molecule has 0 bridgehead atoms. The molecular weight excluding hydrogens is 275 g/mol. The Hall–Kier alpha value is 1.39. The third-order valence-corrected chi connectivity index (χ3v) is 2.79. The van der Waals surface area contributed by atoms with Crippen molar-refractivity contribution < 1.29 is 74.2 Å². The summed E-state index contributed by atoms with van der Waals surface area (Å²) in [4.78, 5) is 0. The molecule has 0 saturated carbocycles. The summed E-state index contributed by atoms with van der Waals surface area (Å²) in [7, 11) is -1.54. The van der Waals surface area contributed by atoms with Gasteiger partial charge in [0.05, 0.1) is 12.7 Å². The van der Waals surface area contributed by atoms with Crippen LogP contribution in [0.1, 0.15) is 6.42 Å². The van der Waals surface area contributed by atoms with E-state index >= 15 is 0 Å². The first-order valence-corrected chi connectivity index (χ1v) is 6.32. The molecule has 9 heteroatoms. The van der Waals surface area contributed by atoms with Crippen molar-refractivity contribution in [1.29, 1.82) is 0 Å².